The molecular weight excluding hydrogens is 164 g/mol. The van der Waals surface area contributed by atoms with E-state index in [4.69, 9.17) is 9.47 Å². The highest BCUT2D eigenvalue weighted by Gasteiger charge is 2.05. The summed E-state index contributed by atoms with van der Waals surface area (Å²) in [6, 6.07) is 0. The van der Waals surface area contributed by atoms with Gasteiger partial charge in [0.25, 0.3) is 0 Å². The van der Waals surface area contributed by atoms with Crippen LogP contribution < -0.4 is 0 Å². The first-order chi connectivity index (χ1) is 4.85. The van der Waals surface area contributed by atoms with Crippen molar-refractivity contribution in [3.63, 3.8) is 0 Å². The maximum atomic E-state index is 5.31. The summed E-state index contributed by atoms with van der Waals surface area (Å²) >= 11 is 4.15. The predicted octanol–water partition coefficient (Wildman–Crippen LogP) is 0.399. The number of ether oxygens (including phenoxy) is 2. The molecule has 0 aliphatic carbocycles. The lowest BCUT2D eigenvalue weighted by atomic mass is 10.9. The van der Waals surface area contributed by atoms with E-state index in [1.165, 1.54) is 0 Å². The first-order valence-corrected chi connectivity index (χ1v) is 6.14. The second-order valence-electron chi connectivity index (χ2n) is 1.85. The van der Waals surface area contributed by atoms with E-state index in [-0.39, 0.29) is 15.4 Å². The molecule has 0 aliphatic heterocycles. The van der Waals surface area contributed by atoms with Gasteiger partial charge in [-0.15, -0.1) is 0 Å². The molecule has 0 radical (unpaired) electrons. The lowest BCUT2D eigenvalue weighted by Gasteiger charge is -2.14. The summed E-state index contributed by atoms with van der Waals surface area (Å²) in [5.41, 5.74) is 0. The Morgan fingerprint density at radius 2 is 1.80 bits per heavy atom. The largest absolute Gasteiger partial charge is 0.357 e. The zero-order valence-corrected chi connectivity index (χ0v) is 8.98. The molecule has 62 valence electrons. The van der Waals surface area contributed by atoms with Crippen LogP contribution in [-0.4, -0.2) is 34.0 Å². The predicted molar refractivity (Wildman–Crippen MR) is 49.4 cm³/mol. The topological polar surface area (TPSA) is 18.5 Å². The van der Waals surface area contributed by atoms with Gasteiger partial charge in [-0.25, -0.2) is 0 Å². The van der Waals surface area contributed by atoms with Gasteiger partial charge in [0, 0.05) is 13.2 Å². The number of hydrogen-bond donors (Lipinski definition) is 1. The molecule has 0 spiro atoms. The van der Waals surface area contributed by atoms with Crippen molar-refractivity contribution in [3.8, 4) is 0 Å². The maximum Gasteiger partial charge on any atom is 0.135 e. The maximum absolute atomic E-state index is 5.31. The number of hydrogen-bond acceptors (Lipinski definition) is 3. The zero-order chi connectivity index (χ0) is 7.82. The van der Waals surface area contributed by atoms with E-state index in [1.54, 1.807) is 0 Å². The lowest BCUT2D eigenvalue weighted by Crippen LogP contribution is -2.25. The summed E-state index contributed by atoms with van der Waals surface area (Å²) in [5, 5.41) is 0.949. The van der Waals surface area contributed by atoms with Crippen LogP contribution >= 0.6 is 12.6 Å². The van der Waals surface area contributed by atoms with Gasteiger partial charge in [-0.05, 0) is 19.2 Å². The van der Waals surface area contributed by atoms with Gasteiger partial charge in [0.2, 0.25) is 0 Å². The second-order valence-corrected chi connectivity index (χ2v) is 4.89. The summed E-state index contributed by atoms with van der Waals surface area (Å²) in [6.07, 6.45) is 0. The third-order valence-electron chi connectivity index (χ3n) is 1.07. The van der Waals surface area contributed by atoms with Crippen LogP contribution in [0.4, 0.5) is 0 Å². The minimum absolute atomic E-state index is 0.0903. The minimum atomic E-state index is -0.267. The van der Waals surface area contributed by atoms with E-state index in [1.807, 2.05) is 13.8 Å². The molecular formula is C6H16O2SSi. The van der Waals surface area contributed by atoms with Crippen LogP contribution in [0.3, 0.4) is 0 Å². The van der Waals surface area contributed by atoms with Gasteiger partial charge in [0.1, 0.15) is 5.91 Å². The highest BCUT2D eigenvalue weighted by Crippen LogP contribution is 1.93. The summed E-state index contributed by atoms with van der Waals surface area (Å²) in [5.74, 6) is 0.0903. The van der Waals surface area contributed by atoms with E-state index in [9.17, 15) is 0 Å². The van der Waals surface area contributed by atoms with E-state index >= 15 is 0 Å². The van der Waals surface area contributed by atoms with E-state index in [2.05, 4.69) is 12.6 Å². The van der Waals surface area contributed by atoms with Crippen molar-refractivity contribution >= 4 is 22.1 Å². The quantitative estimate of drug-likeness (QED) is 0.362. The van der Waals surface area contributed by atoms with Gasteiger partial charge in [0.05, 0.1) is 9.52 Å². The van der Waals surface area contributed by atoms with Gasteiger partial charge in [-0.2, -0.15) is 12.6 Å². The molecule has 10 heavy (non-hydrogen) atoms. The van der Waals surface area contributed by atoms with E-state index in [0.717, 1.165) is 18.6 Å². The molecule has 0 heterocycles. The van der Waals surface area contributed by atoms with Crippen molar-refractivity contribution < 1.29 is 9.47 Å². The smallest absolute Gasteiger partial charge is 0.135 e. The first kappa shape index (κ1) is 10.5. The molecule has 0 saturated carbocycles. The van der Waals surface area contributed by atoms with E-state index < -0.39 is 0 Å². The fourth-order valence-corrected chi connectivity index (χ4v) is 2.34. The molecule has 0 N–H and O–H groups in total. The molecule has 0 bridgehead atoms. The van der Waals surface area contributed by atoms with Gasteiger partial charge in [-0.1, -0.05) is 0 Å². The normalized spacial score (nSPS) is 12.0. The van der Waals surface area contributed by atoms with Crippen LogP contribution in [0, 0.1) is 0 Å². The third kappa shape index (κ3) is 5.29. The Labute approximate surface area is 70.5 Å². The SMILES string of the molecule is CCOC(OCC)[SiH2]CS. The van der Waals surface area contributed by atoms with Gasteiger partial charge < -0.3 is 9.47 Å². The average molecular weight is 180 g/mol. The van der Waals surface area contributed by atoms with Crippen molar-refractivity contribution in [2.24, 2.45) is 0 Å². The minimum Gasteiger partial charge on any atom is -0.357 e. The van der Waals surface area contributed by atoms with Crippen LogP contribution in [0.2, 0.25) is 0 Å². The molecule has 0 aromatic heterocycles. The third-order valence-corrected chi connectivity index (χ3v) is 3.05. The van der Waals surface area contributed by atoms with Crippen LogP contribution in [-0.2, 0) is 9.47 Å². The molecule has 0 aliphatic rings. The second kappa shape index (κ2) is 7.59. The highest BCUT2D eigenvalue weighted by molar-refractivity contribution is 7.81. The van der Waals surface area contributed by atoms with Gasteiger partial charge in [-0.3, -0.25) is 0 Å². The van der Waals surface area contributed by atoms with Gasteiger partial charge >= 0.3 is 0 Å². The Morgan fingerprint density at radius 3 is 2.10 bits per heavy atom. The Kier molecular flexibility index (Phi) is 7.96. The average Bonchev–Trinajstić information content (AvgIpc) is 1.90. The molecule has 0 amide bonds. The van der Waals surface area contributed by atoms with Crippen molar-refractivity contribution in [3.05, 3.63) is 0 Å². The molecule has 0 saturated heterocycles. The number of rotatable bonds is 6. The fraction of sp³-hybridized carbons (Fsp3) is 1.00. The summed E-state index contributed by atoms with van der Waals surface area (Å²) in [6.45, 7) is 5.45. The summed E-state index contributed by atoms with van der Waals surface area (Å²) < 4.78 is 10.6. The van der Waals surface area contributed by atoms with Crippen molar-refractivity contribution in [2.45, 2.75) is 19.8 Å². The van der Waals surface area contributed by atoms with E-state index in [0.29, 0.717) is 0 Å². The Hall–Kier alpha value is 0.487. The number of thiol groups is 1. The summed E-state index contributed by atoms with van der Waals surface area (Å²) in [4.78, 5) is 0. The van der Waals surface area contributed by atoms with Crippen LogP contribution in [0.1, 0.15) is 13.8 Å². The van der Waals surface area contributed by atoms with Crippen molar-refractivity contribution in [2.75, 3.05) is 18.6 Å². The van der Waals surface area contributed by atoms with Crippen molar-refractivity contribution in [1.29, 1.82) is 0 Å². The van der Waals surface area contributed by atoms with Crippen LogP contribution in [0.5, 0.6) is 0 Å². The molecule has 0 rings (SSSR count). The standard InChI is InChI=1S/C6H16O2SSi/c1-3-7-6(8-4-2)10-5-9/h6,9H,3-5,10H2,1-2H3. The fourth-order valence-electron chi connectivity index (χ4n) is 0.692. The summed E-state index contributed by atoms with van der Waals surface area (Å²) in [7, 11) is -0.267. The van der Waals surface area contributed by atoms with Crippen LogP contribution in [0.15, 0.2) is 0 Å². The first-order valence-electron chi connectivity index (χ1n) is 3.69. The molecule has 0 unspecified atom stereocenters. The molecule has 4 heteroatoms. The lowest BCUT2D eigenvalue weighted by molar-refractivity contribution is -0.0823. The molecule has 0 atom stereocenters. The highest BCUT2D eigenvalue weighted by atomic mass is 32.1. The molecule has 0 aromatic rings. The van der Waals surface area contributed by atoms with Gasteiger partial charge in [0.15, 0.2) is 0 Å². The molecule has 0 aromatic carbocycles. The van der Waals surface area contributed by atoms with Crippen molar-refractivity contribution in [1.82, 2.24) is 0 Å². The zero-order valence-electron chi connectivity index (χ0n) is 6.67. The Bertz CT molecular complexity index is 58.5. The molecule has 0 fully saturated rings. The Morgan fingerprint density at radius 1 is 1.30 bits per heavy atom. The molecule has 2 nitrogen and oxygen atoms in total. The Balaban J connectivity index is 3.30. The monoisotopic (exact) mass is 180 g/mol. The van der Waals surface area contributed by atoms with Crippen LogP contribution in [0.25, 0.3) is 0 Å².